The first kappa shape index (κ1) is 17.4. The van der Waals surface area contributed by atoms with E-state index in [9.17, 15) is 8.78 Å². The molecular formula is C21H17F2N3O. The number of nitrogens with one attached hydrogen (secondary N) is 1. The van der Waals surface area contributed by atoms with Crippen molar-refractivity contribution in [1.82, 2.24) is 10.3 Å². The molecule has 1 saturated heterocycles. The van der Waals surface area contributed by atoms with Gasteiger partial charge in [-0.2, -0.15) is 5.26 Å². The smallest absolute Gasteiger partial charge is 0.144 e. The first-order chi connectivity index (χ1) is 13.2. The van der Waals surface area contributed by atoms with Crippen molar-refractivity contribution in [2.75, 3.05) is 13.1 Å². The zero-order valence-corrected chi connectivity index (χ0v) is 14.5. The minimum Gasteiger partial charge on any atom is -0.490 e. The number of halogens is 2. The molecule has 0 radical (unpaired) electrons. The SMILES string of the molecule is N#Cc1c(F)cc(-c2cc(OC3CCNCC3)c3cnccc3c2)cc1F. The van der Waals surface area contributed by atoms with E-state index >= 15 is 0 Å². The van der Waals surface area contributed by atoms with Crippen LogP contribution < -0.4 is 10.1 Å². The van der Waals surface area contributed by atoms with Crippen molar-refractivity contribution in [1.29, 1.82) is 5.26 Å². The Morgan fingerprint density at radius 2 is 1.78 bits per heavy atom. The molecule has 0 atom stereocenters. The second-order valence-corrected chi connectivity index (χ2v) is 6.57. The molecule has 6 heteroatoms. The van der Waals surface area contributed by atoms with Gasteiger partial charge in [0.1, 0.15) is 35.1 Å². The molecule has 2 heterocycles. The van der Waals surface area contributed by atoms with Crippen molar-refractivity contribution in [3.8, 4) is 22.9 Å². The lowest BCUT2D eigenvalue weighted by Crippen LogP contribution is -2.34. The highest BCUT2D eigenvalue weighted by atomic mass is 19.1. The highest BCUT2D eigenvalue weighted by Crippen LogP contribution is 2.34. The zero-order valence-electron chi connectivity index (χ0n) is 14.5. The normalized spacial score (nSPS) is 14.9. The van der Waals surface area contributed by atoms with Crippen LogP contribution in [-0.2, 0) is 0 Å². The van der Waals surface area contributed by atoms with Crippen LogP contribution in [0.3, 0.4) is 0 Å². The topological polar surface area (TPSA) is 57.9 Å². The van der Waals surface area contributed by atoms with Crippen LogP contribution in [0.4, 0.5) is 8.78 Å². The summed E-state index contributed by atoms with van der Waals surface area (Å²) in [7, 11) is 0. The quantitative estimate of drug-likeness (QED) is 0.756. The molecular weight excluding hydrogens is 348 g/mol. The Hall–Kier alpha value is -3.04. The Morgan fingerprint density at radius 1 is 1.07 bits per heavy atom. The molecule has 0 amide bonds. The van der Waals surface area contributed by atoms with E-state index in [-0.39, 0.29) is 6.10 Å². The zero-order chi connectivity index (χ0) is 18.8. The number of ether oxygens (including phenoxy) is 1. The Balaban J connectivity index is 1.81. The number of benzene rings is 2. The molecule has 0 saturated carbocycles. The predicted molar refractivity (Wildman–Crippen MR) is 98.3 cm³/mol. The third kappa shape index (κ3) is 3.46. The second kappa shape index (κ2) is 7.29. The minimum absolute atomic E-state index is 0.0827. The molecule has 1 aromatic heterocycles. The van der Waals surface area contributed by atoms with Crippen molar-refractivity contribution in [2.24, 2.45) is 0 Å². The Kier molecular flexibility index (Phi) is 4.69. The van der Waals surface area contributed by atoms with Gasteiger partial charge in [-0.25, -0.2) is 8.78 Å². The van der Waals surface area contributed by atoms with E-state index in [0.29, 0.717) is 16.9 Å². The third-order valence-electron chi connectivity index (χ3n) is 4.78. The number of fused-ring (bicyclic) bond motifs is 1. The number of hydrogen-bond donors (Lipinski definition) is 1. The van der Waals surface area contributed by atoms with Crippen LogP contribution in [0.1, 0.15) is 18.4 Å². The van der Waals surface area contributed by atoms with Crippen LogP contribution in [0.15, 0.2) is 42.7 Å². The third-order valence-corrected chi connectivity index (χ3v) is 4.78. The van der Waals surface area contributed by atoms with E-state index in [2.05, 4.69) is 10.3 Å². The van der Waals surface area contributed by atoms with E-state index in [1.54, 1.807) is 24.5 Å². The van der Waals surface area contributed by atoms with Gasteiger partial charge in [0.15, 0.2) is 0 Å². The molecule has 1 fully saturated rings. The van der Waals surface area contributed by atoms with Crippen LogP contribution in [0.2, 0.25) is 0 Å². The molecule has 4 nitrogen and oxygen atoms in total. The average Bonchev–Trinajstić information content (AvgIpc) is 2.68. The summed E-state index contributed by atoms with van der Waals surface area (Å²) in [5, 5.41) is 13.9. The predicted octanol–water partition coefficient (Wildman–Crippen LogP) is 4.18. The average molecular weight is 365 g/mol. The fourth-order valence-electron chi connectivity index (χ4n) is 3.37. The molecule has 1 N–H and O–H groups in total. The lowest BCUT2D eigenvalue weighted by molar-refractivity contribution is 0.164. The second-order valence-electron chi connectivity index (χ2n) is 6.57. The van der Waals surface area contributed by atoms with E-state index in [0.717, 1.165) is 36.7 Å². The summed E-state index contributed by atoms with van der Waals surface area (Å²) >= 11 is 0. The highest BCUT2D eigenvalue weighted by molar-refractivity contribution is 5.92. The van der Waals surface area contributed by atoms with Crippen LogP contribution in [-0.4, -0.2) is 24.2 Å². The number of rotatable bonds is 3. The fraction of sp³-hybridized carbons (Fsp3) is 0.238. The first-order valence-electron chi connectivity index (χ1n) is 8.80. The molecule has 1 aliphatic heterocycles. The molecule has 3 aromatic rings. The lowest BCUT2D eigenvalue weighted by Gasteiger charge is -2.25. The standard InChI is InChI=1S/C21H17F2N3O/c22-19-8-15(9-20(23)17(19)11-24)14-7-13-1-4-26-12-18(13)21(10-14)27-16-2-5-25-6-3-16/h1,4,7-10,12,16,25H,2-3,5-6H2. The van der Waals surface area contributed by atoms with Gasteiger partial charge >= 0.3 is 0 Å². The van der Waals surface area contributed by atoms with Crippen LogP contribution in [0.25, 0.3) is 21.9 Å². The summed E-state index contributed by atoms with van der Waals surface area (Å²) in [5.41, 5.74) is 0.410. The molecule has 0 unspecified atom stereocenters. The van der Waals surface area contributed by atoms with Gasteiger partial charge in [0.05, 0.1) is 0 Å². The van der Waals surface area contributed by atoms with Crippen molar-refractivity contribution < 1.29 is 13.5 Å². The van der Waals surface area contributed by atoms with Crippen LogP contribution in [0, 0.1) is 23.0 Å². The summed E-state index contributed by atoms with van der Waals surface area (Å²) in [6.07, 6.45) is 5.27. The van der Waals surface area contributed by atoms with Crippen molar-refractivity contribution in [3.63, 3.8) is 0 Å². The number of aromatic nitrogens is 1. The van der Waals surface area contributed by atoms with E-state index in [1.165, 1.54) is 12.1 Å². The van der Waals surface area contributed by atoms with Gasteiger partial charge in [-0.1, -0.05) is 0 Å². The molecule has 0 bridgehead atoms. The molecule has 1 aliphatic rings. The van der Waals surface area contributed by atoms with Crippen molar-refractivity contribution >= 4 is 10.8 Å². The van der Waals surface area contributed by atoms with Gasteiger partial charge < -0.3 is 10.1 Å². The molecule has 0 spiro atoms. The molecule has 0 aliphatic carbocycles. The van der Waals surface area contributed by atoms with Crippen LogP contribution in [0.5, 0.6) is 5.75 Å². The van der Waals surface area contributed by atoms with Crippen molar-refractivity contribution in [2.45, 2.75) is 18.9 Å². The highest BCUT2D eigenvalue weighted by Gasteiger charge is 2.18. The summed E-state index contributed by atoms with van der Waals surface area (Å²) in [5.74, 6) is -1.10. The number of piperidine rings is 1. The Labute approximate surface area is 155 Å². The van der Waals surface area contributed by atoms with E-state index < -0.39 is 17.2 Å². The monoisotopic (exact) mass is 365 g/mol. The maximum absolute atomic E-state index is 14.1. The lowest BCUT2D eigenvalue weighted by atomic mass is 9.99. The molecule has 4 rings (SSSR count). The first-order valence-corrected chi connectivity index (χ1v) is 8.80. The van der Waals surface area contributed by atoms with E-state index in [4.69, 9.17) is 10.00 Å². The molecule has 2 aromatic carbocycles. The van der Waals surface area contributed by atoms with Crippen molar-refractivity contribution in [3.05, 3.63) is 59.9 Å². The molecule has 136 valence electrons. The maximum Gasteiger partial charge on any atom is 0.144 e. The summed E-state index contributed by atoms with van der Waals surface area (Å²) in [4.78, 5) is 4.17. The van der Waals surface area contributed by atoms with E-state index in [1.807, 2.05) is 12.1 Å². The summed E-state index contributed by atoms with van der Waals surface area (Å²) < 4.78 is 34.4. The summed E-state index contributed by atoms with van der Waals surface area (Å²) in [6, 6.07) is 9.37. The molecule has 27 heavy (non-hydrogen) atoms. The number of nitriles is 1. The summed E-state index contributed by atoms with van der Waals surface area (Å²) in [6.45, 7) is 1.79. The van der Waals surface area contributed by atoms with Gasteiger partial charge in [0.2, 0.25) is 0 Å². The number of nitrogens with zero attached hydrogens (tertiary/aromatic N) is 2. The Morgan fingerprint density at radius 3 is 2.48 bits per heavy atom. The fourth-order valence-corrected chi connectivity index (χ4v) is 3.37. The number of hydrogen-bond acceptors (Lipinski definition) is 4. The van der Waals surface area contributed by atoms with Gasteiger partial charge in [-0.15, -0.1) is 0 Å². The van der Waals surface area contributed by atoms with Gasteiger partial charge in [-0.05, 0) is 72.8 Å². The Bertz CT molecular complexity index is 1020. The number of pyridine rings is 1. The van der Waals surface area contributed by atoms with Crippen LogP contribution >= 0.6 is 0 Å². The van der Waals surface area contributed by atoms with Gasteiger partial charge in [0, 0.05) is 17.8 Å². The van der Waals surface area contributed by atoms with Gasteiger partial charge in [0.25, 0.3) is 0 Å². The maximum atomic E-state index is 14.1. The van der Waals surface area contributed by atoms with Gasteiger partial charge in [-0.3, -0.25) is 4.98 Å². The largest absolute Gasteiger partial charge is 0.490 e. The minimum atomic E-state index is -0.872.